The second kappa shape index (κ2) is 7.00. The van der Waals surface area contributed by atoms with Crippen molar-refractivity contribution in [3.63, 3.8) is 0 Å². The molecule has 0 aromatic heterocycles. The highest BCUT2D eigenvalue weighted by atomic mass is 19.4. The van der Waals surface area contributed by atoms with Crippen molar-refractivity contribution in [1.82, 2.24) is 10.2 Å². The first-order valence-corrected chi connectivity index (χ1v) is 7.17. The monoisotopic (exact) mass is 316 g/mol. The Morgan fingerprint density at radius 1 is 1.41 bits per heavy atom. The minimum Gasteiger partial charge on any atom is -0.406 e. The van der Waals surface area contributed by atoms with Gasteiger partial charge in [-0.15, -0.1) is 13.2 Å². The van der Waals surface area contributed by atoms with E-state index in [1.54, 1.807) is 24.1 Å². The molecule has 1 N–H and O–H groups in total. The van der Waals surface area contributed by atoms with Crippen molar-refractivity contribution >= 4 is 5.91 Å². The molecule has 4 nitrogen and oxygen atoms in total. The summed E-state index contributed by atoms with van der Waals surface area (Å²) in [6, 6.07) is 6.08. The summed E-state index contributed by atoms with van der Waals surface area (Å²) in [7, 11) is 1.73. The van der Waals surface area contributed by atoms with Gasteiger partial charge in [-0.05, 0) is 31.0 Å². The number of benzene rings is 1. The van der Waals surface area contributed by atoms with Crippen LogP contribution in [0.2, 0.25) is 0 Å². The normalized spacial score (nSPS) is 18.3. The maximum Gasteiger partial charge on any atom is 0.573 e. The van der Waals surface area contributed by atoms with Gasteiger partial charge in [0.2, 0.25) is 5.91 Å². The van der Waals surface area contributed by atoms with Crippen LogP contribution >= 0.6 is 0 Å². The summed E-state index contributed by atoms with van der Waals surface area (Å²) in [6.45, 7) is 1.64. The molecule has 7 heteroatoms. The van der Waals surface area contributed by atoms with Crippen molar-refractivity contribution < 1.29 is 22.7 Å². The first-order chi connectivity index (χ1) is 10.4. The molecule has 1 aromatic rings. The van der Waals surface area contributed by atoms with E-state index in [-0.39, 0.29) is 30.5 Å². The fraction of sp³-hybridized carbons (Fsp3) is 0.533. The number of halogens is 3. The highest BCUT2D eigenvalue weighted by Crippen LogP contribution is 2.27. The van der Waals surface area contributed by atoms with E-state index < -0.39 is 6.36 Å². The standard InChI is InChI=1S/C15H19F3N2O2/c1-20(12-8-9-19-10-12)14(21)7-6-11-4-2-3-5-13(11)22-15(16,17)18/h2-5,12,19H,6-10H2,1H3/t12-/m1/s1. The third kappa shape index (κ3) is 4.62. The van der Waals surface area contributed by atoms with Crippen molar-refractivity contribution in [2.75, 3.05) is 20.1 Å². The molecule has 0 bridgehead atoms. The van der Waals surface area contributed by atoms with Crippen LogP contribution < -0.4 is 10.1 Å². The number of carbonyl (C=O) groups excluding carboxylic acids is 1. The molecule has 0 unspecified atom stereocenters. The minimum absolute atomic E-state index is 0.0736. The number of alkyl halides is 3. The number of ether oxygens (including phenoxy) is 1. The topological polar surface area (TPSA) is 41.6 Å². The summed E-state index contributed by atoms with van der Waals surface area (Å²) >= 11 is 0. The fourth-order valence-electron chi connectivity index (χ4n) is 2.53. The van der Waals surface area contributed by atoms with Crippen LogP contribution in [0.15, 0.2) is 24.3 Å². The predicted octanol–water partition coefficient (Wildman–Crippen LogP) is 2.34. The summed E-state index contributed by atoms with van der Waals surface area (Å²) in [5, 5.41) is 3.18. The number of rotatable bonds is 5. The molecular weight excluding hydrogens is 297 g/mol. The molecule has 2 rings (SSSR count). The summed E-state index contributed by atoms with van der Waals surface area (Å²) in [4.78, 5) is 13.8. The Kier molecular flexibility index (Phi) is 5.28. The van der Waals surface area contributed by atoms with Crippen LogP contribution in [-0.4, -0.2) is 43.3 Å². The van der Waals surface area contributed by atoms with E-state index >= 15 is 0 Å². The van der Waals surface area contributed by atoms with Gasteiger partial charge in [-0.25, -0.2) is 0 Å². The van der Waals surface area contributed by atoms with Crippen molar-refractivity contribution in [2.45, 2.75) is 31.7 Å². The Labute approximate surface area is 127 Å². The van der Waals surface area contributed by atoms with Crippen LogP contribution in [0.25, 0.3) is 0 Å². The van der Waals surface area contributed by atoms with Crippen molar-refractivity contribution in [3.05, 3.63) is 29.8 Å². The summed E-state index contributed by atoms with van der Waals surface area (Å²) in [5.74, 6) is -0.316. The van der Waals surface area contributed by atoms with Crippen LogP contribution in [0.3, 0.4) is 0 Å². The quantitative estimate of drug-likeness (QED) is 0.906. The van der Waals surface area contributed by atoms with E-state index in [1.165, 1.54) is 12.1 Å². The Morgan fingerprint density at radius 3 is 2.77 bits per heavy atom. The van der Waals surface area contributed by atoms with E-state index in [4.69, 9.17) is 0 Å². The number of hydrogen-bond donors (Lipinski definition) is 1. The van der Waals surface area contributed by atoms with Gasteiger partial charge in [-0.1, -0.05) is 18.2 Å². The number of para-hydroxylation sites is 1. The van der Waals surface area contributed by atoms with E-state index in [0.29, 0.717) is 5.56 Å². The molecule has 1 heterocycles. The van der Waals surface area contributed by atoms with Crippen LogP contribution in [0, 0.1) is 0 Å². The van der Waals surface area contributed by atoms with Gasteiger partial charge in [-0.3, -0.25) is 4.79 Å². The zero-order valence-electron chi connectivity index (χ0n) is 12.3. The maximum absolute atomic E-state index is 12.3. The van der Waals surface area contributed by atoms with E-state index in [2.05, 4.69) is 10.1 Å². The minimum atomic E-state index is -4.73. The highest BCUT2D eigenvalue weighted by Gasteiger charge is 2.32. The van der Waals surface area contributed by atoms with Gasteiger partial charge in [-0.2, -0.15) is 0 Å². The van der Waals surface area contributed by atoms with Gasteiger partial charge in [0.25, 0.3) is 0 Å². The molecular formula is C15H19F3N2O2. The maximum atomic E-state index is 12.3. The molecule has 1 aliphatic heterocycles. The average molecular weight is 316 g/mol. The molecule has 0 aliphatic carbocycles. The number of nitrogens with zero attached hydrogens (tertiary/aromatic N) is 1. The summed E-state index contributed by atoms with van der Waals surface area (Å²) in [6.07, 6.45) is -3.46. The van der Waals surface area contributed by atoms with Crippen LogP contribution in [0.5, 0.6) is 5.75 Å². The average Bonchev–Trinajstić information content (AvgIpc) is 2.97. The smallest absolute Gasteiger partial charge is 0.406 e. The Balaban J connectivity index is 1.94. The largest absolute Gasteiger partial charge is 0.573 e. The molecule has 1 atom stereocenters. The fourth-order valence-corrected chi connectivity index (χ4v) is 2.53. The van der Waals surface area contributed by atoms with Crippen molar-refractivity contribution in [1.29, 1.82) is 0 Å². The number of amides is 1. The molecule has 1 aliphatic rings. The summed E-state index contributed by atoms with van der Waals surface area (Å²) in [5.41, 5.74) is 0.381. The molecule has 0 saturated carbocycles. The molecule has 0 radical (unpaired) electrons. The third-order valence-corrected chi connectivity index (χ3v) is 3.78. The highest BCUT2D eigenvalue weighted by molar-refractivity contribution is 5.76. The predicted molar refractivity (Wildman–Crippen MR) is 75.5 cm³/mol. The van der Waals surface area contributed by atoms with Crippen molar-refractivity contribution in [2.24, 2.45) is 0 Å². The van der Waals surface area contributed by atoms with Crippen LogP contribution in [0.1, 0.15) is 18.4 Å². The lowest BCUT2D eigenvalue weighted by Crippen LogP contribution is -2.38. The Hall–Kier alpha value is -1.76. The van der Waals surface area contributed by atoms with E-state index in [1.807, 2.05) is 0 Å². The lowest BCUT2D eigenvalue weighted by molar-refractivity contribution is -0.274. The van der Waals surface area contributed by atoms with E-state index in [0.717, 1.165) is 19.5 Å². The molecule has 1 saturated heterocycles. The second-order valence-electron chi connectivity index (χ2n) is 5.31. The molecule has 22 heavy (non-hydrogen) atoms. The lowest BCUT2D eigenvalue weighted by atomic mass is 10.1. The number of aryl methyl sites for hydroxylation is 1. The molecule has 0 spiro atoms. The van der Waals surface area contributed by atoms with Gasteiger partial charge in [0.1, 0.15) is 5.75 Å². The van der Waals surface area contributed by atoms with Gasteiger partial charge >= 0.3 is 6.36 Å². The molecule has 122 valence electrons. The SMILES string of the molecule is CN(C(=O)CCc1ccccc1OC(F)(F)F)[C@@H]1CCNC1. The van der Waals surface area contributed by atoms with Crippen molar-refractivity contribution in [3.8, 4) is 5.75 Å². The zero-order chi connectivity index (χ0) is 16.2. The Morgan fingerprint density at radius 2 is 2.14 bits per heavy atom. The third-order valence-electron chi connectivity index (χ3n) is 3.78. The first-order valence-electron chi connectivity index (χ1n) is 7.17. The van der Waals surface area contributed by atoms with Gasteiger partial charge in [0.15, 0.2) is 0 Å². The second-order valence-corrected chi connectivity index (χ2v) is 5.31. The Bertz CT molecular complexity index is 514. The summed E-state index contributed by atoms with van der Waals surface area (Å²) < 4.78 is 41.0. The number of nitrogens with one attached hydrogen (secondary N) is 1. The number of likely N-dealkylation sites (N-methyl/N-ethyl adjacent to an activating group) is 1. The molecule has 1 fully saturated rings. The number of carbonyl (C=O) groups is 1. The van der Waals surface area contributed by atoms with Gasteiger partial charge in [0.05, 0.1) is 0 Å². The number of hydrogen-bond acceptors (Lipinski definition) is 3. The molecule has 1 aromatic carbocycles. The van der Waals surface area contributed by atoms with E-state index in [9.17, 15) is 18.0 Å². The van der Waals surface area contributed by atoms with Gasteiger partial charge in [0, 0.05) is 26.1 Å². The first kappa shape index (κ1) is 16.6. The van der Waals surface area contributed by atoms with Crippen LogP contribution in [-0.2, 0) is 11.2 Å². The lowest BCUT2D eigenvalue weighted by Gasteiger charge is -2.24. The zero-order valence-corrected chi connectivity index (χ0v) is 12.3. The molecule has 1 amide bonds. The van der Waals surface area contributed by atoms with Gasteiger partial charge < -0.3 is 15.0 Å². The van der Waals surface area contributed by atoms with Crippen LogP contribution in [0.4, 0.5) is 13.2 Å².